The van der Waals surface area contributed by atoms with E-state index in [1.165, 1.54) is 35.8 Å². The summed E-state index contributed by atoms with van der Waals surface area (Å²) in [6.07, 6.45) is 2.02. The molecule has 1 fully saturated rings. The van der Waals surface area contributed by atoms with E-state index in [2.05, 4.69) is 15.3 Å². The zero-order valence-corrected chi connectivity index (χ0v) is 19.0. The second kappa shape index (κ2) is 9.24. The molecule has 0 N–H and O–H groups in total. The maximum Gasteiger partial charge on any atom is 0.257 e. The second-order valence-electron chi connectivity index (χ2n) is 7.36. The number of rotatable bonds is 6. The van der Waals surface area contributed by atoms with Gasteiger partial charge in [0.2, 0.25) is 15.9 Å². The maximum absolute atomic E-state index is 13.5. The largest absolute Gasteiger partial charge is 0.480 e. The Morgan fingerprint density at radius 3 is 2.48 bits per heavy atom. The van der Waals surface area contributed by atoms with Crippen molar-refractivity contribution in [3.8, 4) is 11.7 Å². The molecule has 0 saturated carbocycles. The molecular formula is C21H23FN6O4S. The summed E-state index contributed by atoms with van der Waals surface area (Å²) in [5, 5.41) is 12.3. The SMILES string of the molecule is CCc1c(C(=O)N2CCN(S(=O)(=O)c3cccc(F)c3)CC2)cnn1-c1ccc(OC)nn1. The van der Waals surface area contributed by atoms with E-state index in [4.69, 9.17) is 4.74 Å². The monoisotopic (exact) mass is 474 g/mol. The summed E-state index contributed by atoms with van der Waals surface area (Å²) in [7, 11) is -2.34. The normalized spacial score (nSPS) is 14.9. The Hall–Kier alpha value is -3.38. The van der Waals surface area contributed by atoms with Gasteiger partial charge in [-0.2, -0.15) is 9.40 Å². The van der Waals surface area contributed by atoms with Crippen molar-refractivity contribution in [3.63, 3.8) is 0 Å². The van der Waals surface area contributed by atoms with Crippen molar-refractivity contribution in [3.05, 3.63) is 59.7 Å². The van der Waals surface area contributed by atoms with Crippen LogP contribution < -0.4 is 4.74 Å². The number of halogens is 1. The van der Waals surface area contributed by atoms with Crippen molar-refractivity contribution < 1.29 is 22.3 Å². The van der Waals surface area contributed by atoms with Crippen molar-refractivity contribution >= 4 is 15.9 Å². The van der Waals surface area contributed by atoms with Gasteiger partial charge in [0, 0.05) is 32.2 Å². The summed E-state index contributed by atoms with van der Waals surface area (Å²) in [6.45, 7) is 2.56. The van der Waals surface area contributed by atoms with Crippen LogP contribution in [0.2, 0.25) is 0 Å². The predicted molar refractivity (Wildman–Crippen MR) is 116 cm³/mol. The number of sulfonamides is 1. The molecule has 174 valence electrons. The Balaban J connectivity index is 1.49. The molecule has 10 nitrogen and oxygen atoms in total. The van der Waals surface area contributed by atoms with E-state index < -0.39 is 15.8 Å². The molecule has 0 spiro atoms. The average molecular weight is 475 g/mol. The van der Waals surface area contributed by atoms with Crippen LogP contribution in [0.4, 0.5) is 4.39 Å². The zero-order valence-electron chi connectivity index (χ0n) is 18.2. The first-order valence-electron chi connectivity index (χ1n) is 10.3. The fourth-order valence-corrected chi connectivity index (χ4v) is 5.16. The van der Waals surface area contributed by atoms with Crippen molar-refractivity contribution in [2.75, 3.05) is 33.3 Å². The Bertz CT molecular complexity index is 1250. The van der Waals surface area contributed by atoms with Crippen LogP contribution in [0.15, 0.2) is 47.5 Å². The average Bonchev–Trinajstić information content (AvgIpc) is 3.28. The second-order valence-corrected chi connectivity index (χ2v) is 9.30. The summed E-state index contributed by atoms with van der Waals surface area (Å²) in [6, 6.07) is 8.26. The highest BCUT2D eigenvalue weighted by Crippen LogP contribution is 2.21. The summed E-state index contributed by atoms with van der Waals surface area (Å²) in [5.74, 6) is -0.0260. The highest BCUT2D eigenvalue weighted by atomic mass is 32.2. The number of amides is 1. The van der Waals surface area contributed by atoms with Gasteiger partial charge in [0.05, 0.1) is 29.5 Å². The quantitative estimate of drug-likeness (QED) is 0.533. The smallest absolute Gasteiger partial charge is 0.257 e. The molecule has 1 saturated heterocycles. The lowest BCUT2D eigenvalue weighted by atomic mass is 10.1. The lowest BCUT2D eigenvalue weighted by molar-refractivity contribution is 0.0696. The van der Waals surface area contributed by atoms with E-state index in [-0.39, 0.29) is 37.0 Å². The van der Waals surface area contributed by atoms with Gasteiger partial charge < -0.3 is 9.64 Å². The first kappa shape index (κ1) is 22.8. The van der Waals surface area contributed by atoms with Crippen molar-refractivity contribution in [2.24, 2.45) is 0 Å². The first-order chi connectivity index (χ1) is 15.8. The Labute approximate surface area is 190 Å². The van der Waals surface area contributed by atoms with Crippen LogP contribution in [-0.4, -0.2) is 76.8 Å². The third-order valence-corrected chi connectivity index (χ3v) is 7.34. The number of ether oxygens (including phenoxy) is 1. The first-order valence-corrected chi connectivity index (χ1v) is 11.8. The Morgan fingerprint density at radius 2 is 1.88 bits per heavy atom. The molecule has 0 bridgehead atoms. The molecule has 3 heterocycles. The van der Waals surface area contributed by atoms with Gasteiger partial charge in [0.25, 0.3) is 5.91 Å². The van der Waals surface area contributed by atoms with Gasteiger partial charge in [-0.15, -0.1) is 10.2 Å². The van der Waals surface area contributed by atoms with Crippen molar-refractivity contribution in [1.82, 2.24) is 29.2 Å². The molecule has 1 aromatic carbocycles. The van der Waals surface area contributed by atoms with Crippen LogP contribution in [0, 0.1) is 5.82 Å². The number of benzene rings is 1. The topological polar surface area (TPSA) is 111 Å². The molecule has 12 heteroatoms. The number of methoxy groups -OCH3 is 1. The van der Waals surface area contributed by atoms with Gasteiger partial charge in [-0.3, -0.25) is 4.79 Å². The number of hydrogen-bond donors (Lipinski definition) is 0. The van der Waals surface area contributed by atoms with Crippen LogP contribution in [0.1, 0.15) is 23.0 Å². The third kappa shape index (κ3) is 4.44. The number of hydrogen-bond acceptors (Lipinski definition) is 7. The van der Waals surface area contributed by atoms with Gasteiger partial charge in [0.1, 0.15) is 5.82 Å². The number of nitrogens with zero attached hydrogens (tertiary/aromatic N) is 6. The van der Waals surface area contributed by atoms with Crippen LogP contribution >= 0.6 is 0 Å². The van der Waals surface area contributed by atoms with Gasteiger partial charge in [-0.1, -0.05) is 13.0 Å². The summed E-state index contributed by atoms with van der Waals surface area (Å²) >= 11 is 0. The minimum atomic E-state index is -3.84. The van der Waals surface area contributed by atoms with E-state index in [0.29, 0.717) is 29.4 Å². The highest BCUT2D eigenvalue weighted by molar-refractivity contribution is 7.89. The molecule has 0 radical (unpaired) electrons. The van der Waals surface area contributed by atoms with Gasteiger partial charge in [0.15, 0.2) is 5.82 Å². The number of carbonyl (C=O) groups excluding carboxylic acids is 1. The van der Waals surface area contributed by atoms with Crippen molar-refractivity contribution in [2.45, 2.75) is 18.2 Å². The zero-order chi connectivity index (χ0) is 23.6. The molecule has 1 aliphatic heterocycles. The fourth-order valence-electron chi connectivity index (χ4n) is 3.70. The van der Waals surface area contributed by atoms with E-state index in [9.17, 15) is 17.6 Å². The predicted octanol–water partition coefficient (Wildman–Crippen LogP) is 1.52. The third-order valence-electron chi connectivity index (χ3n) is 5.45. The molecular weight excluding hydrogens is 451 g/mol. The van der Waals surface area contributed by atoms with Crippen LogP contribution in [0.5, 0.6) is 5.88 Å². The molecule has 1 aliphatic rings. The molecule has 4 rings (SSSR count). The Kier molecular flexibility index (Phi) is 6.38. The van der Waals surface area contributed by atoms with Gasteiger partial charge in [-0.25, -0.2) is 17.5 Å². The molecule has 0 unspecified atom stereocenters. The number of piperazine rings is 1. The molecule has 3 aromatic rings. The molecule has 0 aliphatic carbocycles. The summed E-state index contributed by atoms with van der Waals surface area (Å²) < 4.78 is 47.0. The van der Waals surface area contributed by atoms with E-state index in [1.807, 2.05) is 6.92 Å². The van der Waals surface area contributed by atoms with E-state index in [1.54, 1.807) is 21.7 Å². The molecule has 2 aromatic heterocycles. The van der Waals surface area contributed by atoms with Gasteiger partial charge in [-0.05, 0) is 30.7 Å². The molecule has 0 atom stereocenters. The standard InChI is InChI=1S/C21H23FN6O4S/c1-3-18-17(14-23-28(18)19-7-8-20(32-2)25-24-19)21(29)26-9-11-27(12-10-26)33(30,31)16-6-4-5-15(22)13-16/h4-8,13-14H,3,9-12H2,1-2H3. The van der Waals surface area contributed by atoms with Gasteiger partial charge >= 0.3 is 0 Å². The lowest BCUT2D eigenvalue weighted by Gasteiger charge is -2.34. The Morgan fingerprint density at radius 1 is 1.12 bits per heavy atom. The summed E-state index contributed by atoms with van der Waals surface area (Å²) in [4.78, 5) is 14.7. The number of aromatic nitrogens is 4. The number of carbonyl (C=O) groups is 1. The van der Waals surface area contributed by atoms with Crippen LogP contribution in [0.3, 0.4) is 0 Å². The van der Waals surface area contributed by atoms with Crippen LogP contribution in [0.25, 0.3) is 5.82 Å². The maximum atomic E-state index is 13.5. The highest BCUT2D eigenvalue weighted by Gasteiger charge is 2.32. The van der Waals surface area contributed by atoms with Crippen molar-refractivity contribution in [1.29, 1.82) is 0 Å². The minimum absolute atomic E-state index is 0.0996. The lowest BCUT2D eigenvalue weighted by Crippen LogP contribution is -2.50. The minimum Gasteiger partial charge on any atom is -0.480 e. The summed E-state index contributed by atoms with van der Waals surface area (Å²) in [5.41, 5.74) is 1.10. The van der Waals surface area contributed by atoms with E-state index in [0.717, 1.165) is 6.07 Å². The van der Waals surface area contributed by atoms with E-state index >= 15 is 0 Å². The fraction of sp³-hybridized carbons (Fsp3) is 0.333. The van der Waals surface area contributed by atoms with Crippen LogP contribution in [-0.2, 0) is 16.4 Å². The molecule has 1 amide bonds. The molecule has 33 heavy (non-hydrogen) atoms.